The molecule has 0 nitrogen and oxygen atoms in total. The predicted molar refractivity (Wildman–Crippen MR) is 202 cm³/mol. The second kappa shape index (κ2) is 15.2. The summed E-state index contributed by atoms with van der Waals surface area (Å²) in [6.07, 6.45) is 10.1. The molecule has 0 aromatic heterocycles. The Morgan fingerprint density at radius 3 is 1.53 bits per heavy atom. The van der Waals surface area contributed by atoms with Crippen LogP contribution in [0.1, 0.15) is 77.1 Å². The van der Waals surface area contributed by atoms with E-state index in [1.54, 1.807) is 5.19 Å². The number of benzene rings is 5. The molecule has 0 atom stereocenters. The van der Waals surface area contributed by atoms with Gasteiger partial charge in [-0.15, -0.1) is 0 Å². The van der Waals surface area contributed by atoms with Crippen molar-refractivity contribution in [3.63, 3.8) is 0 Å². The lowest BCUT2D eigenvalue weighted by molar-refractivity contribution is 0.697. The molecule has 45 heavy (non-hydrogen) atoms. The molecule has 5 aromatic carbocycles. The molecule has 1 heteroatoms. The normalized spacial score (nSPS) is 12.4. The number of aryl methyl sites for hydroxylation is 2. The van der Waals surface area contributed by atoms with Gasteiger partial charge in [0.1, 0.15) is 0 Å². The van der Waals surface area contributed by atoms with E-state index in [1.807, 2.05) is 0 Å². The first-order chi connectivity index (χ1) is 21.8. The van der Waals surface area contributed by atoms with Crippen LogP contribution in [0.5, 0.6) is 0 Å². The maximum absolute atomic E-state index is 2.57. The summed E-state index contributed by atoms with van der Waals surface area (Å²) in [6.45, 7) is 11.8. The Labute approximate surface area is 273 Å². The first kappa shape index (κ1) is 32.2. The molecule has 0 aliphatic rings. The average Bonchev–Trinajstić information content (AvgIpc) is 3.06. The van der Waals surface area contributed by atoms with Gasteiger partial charge in [-0.1, -0.05) is 195 Å². The SMILES string of the molecule is CCCCCC[Si](C)(C)c1cc(C=C(c2ccccc2)c2ccc(C)cc2)ccc1C=C(c1ccccc1)c1ccc(C)cc1. The minimum absolute atomic E-state index is 1.24. The van der Waals surface area contributed by atoms with Gasteiger partial charge in [0.2, 0.25) is 0 Å². The van der Waals surface area contributed by atoms with Crippen LogP contribution in [-0.2, 0) is 0 Å². The Morgan fingerprint density at radius 2 is 1.02 bits per heavy atom. The third-order valence-corrected chi connectivity index (χ3v) is 12.5. The first-order valence-corrected chi connectivity index (χ1v) is 19.9. The summed E-state index contributed by atoms with van der Waals surface area (Å²) in [4.78, 5) is 0. The second-order valence-electron chi connectivity index (χ2n) is 13.1. The van der Waals surface area contributed by atoms with E-state index in [0.29, 0.717) is 0 Å². The Hall–Kier alpha value is -4.20. The van der Waals surface area contributed by atoms with Crippen molar-refractivity contribution in [1.82, 2.24) is 0 Å². The van der Waals surface area contributed by atoms with Crippen molar-refractivity contribution in [2.24, 2.45) is 0 Å². The van der Waals surface area contributed by atoms with Gasteiger partial charge in [0.25, 0.3) is 0 Å². The van der Waals surface area contributed by atoms with Gasteiger partial charge in [0.15, 0.2) is 0 Å². The molecule has 0 saturated heterocycles. The van der Waals surface area contributed by atoms with Crippen molar-refractivity contribution in [1.29, 1.82) is 0 Å². The van der Waals surface area contributed by atoms with Gasteiger partial charge in [-0.3, -0.25) is 0 Å². The molecule has 0 N–H and O–H groups in total. The molecule has 0 amide bonds. The van der Waals surface area contributed by atoms with Crippen LogP contribution in [0.25, 0.3) is 23.3 Å². The molecule has 0 unspecified atom stereocenters. The highest BCUT2D eigenvalue weighted by Crippen LogP contribution is 2.30. The van der Waals surface area contributed by atoms with Crippen molar-refractivity contribution in [3.8, 4) is 0 Å². The third-order valence-electron chi connectivity index (χ3n) is 8.97. The molecule has 0 aliphatic heterocycles. The zero-order valence-electron chi connectivity index (χ0n) is 27.8. The van der Waals surface area contributed by atoms with Crippen LogP contribution in [0.15, 0.2) is 127 Å². The van der Waals surface area contributed by atoms with Gasteiger partial charge < -0.3 is 0 Å². The average molecular weight is 605 g/mol. The molecule has 0 bridgehead atoms. The van der Waals surface area contributed by atoms with Gasteiger partial charge in [-0.2, -0.15) is 0 Å². The molecule has 0 spiro atoms. The Morgan fingerprint density at radius 1 is 0.533 bits per heavy atom. The standard InChI is InChI=1S/C44H48Si/c1-6-7-8-15-30-45(4,5)44-32-36(31-42(37-16-11-9-12-17-37)39-25-20-34(2)21-26-39)24-29-41(44)33-43(38-18-13-10-14-19-38)40-27-22-35(3)23-28-40/h9-14,16-29,31-33H,6-8,15,30H2,1-5H3. The largest absolute Gasteiger partial charge is 0.0814 e. The van der Waals surface area contributed by atoms with Crippen LogP contribution in [0.2, 0.25) is 19.1 Å². The lowest BCUT2D eigenvalue weighted by Gasteiger charge is -2.26. The zero-order valence-corrected chi connectivity index (χ0v) is 28.8. The monoisotopic (exact) mass is 604 g/mol. The smallest absolute Gasteiger partial charge is 0.0654 e. The van der Waals surface area contributed by atoms with Crippen molar-refractivity contribution in [2.45, 2.75) is 65.6 Å². The van der Waals surface area contributed by atoms with Crippen molar-refractivity contribution < 1.29 is 0 Å². The molecule has 0 radical (unpaired) electrons. The van der Waals surface area contributed by atoms with Crippen LogP contribution in [-0.4, -0.2) is 8.07 Å². The third kappa shape index (κ3) is 8.50. The maximum Gasteiger partial charge on any atom is 0.0814 e. The van der Waals surface area contributed by atoms with Gasteiger partial charge >= 0.3 is 0 Å². The zero-order chi connectivity index (χ0) is 31.6. The highest BCUT2D eigenvalue weighted by molar-refractivity contribution is 6.90. The summed E-state index contributed by atoms with van der Waals surface area (Å²) in [5, 5.41) is 1.55. The van der Waals surface area contributed by atoms with Gasteiger partial charge in [0.05, 0.1) is 8.07 Å². The van der Waals surface area contributed by atoms with E-state index < -0.39 is 8.07 Å². The number of rotatable bonds is 12. The number of unbranched alkanes of at least 4 members (excludes halogenated alkanes) is 3. The highest BCUT2D eigenvalue weighted by Gasteiger charge is 2.26. The van der Waals surface area contributed by atoms with E-state index in [0.717, 1.165) is 0 Å². The molecule has 228 valence electrons. The van der Waals surface area contributed by atoms with Gasteiger partial charge in [-0.25, -0.2) is 0 Å². The summed E-state index contributed by atoms with van der Waals surface area (Å²) in [5.41, 5.74) is 12.7. The number of hydrogen-bond acceptors (Lipinski definition) is 0. The summed E-state index contributed by atoms with van der Waals surface area (Å²) >= 11 is 0. The quantitative estimate of drug-likeness (QED) is 0.0755. The second-order valence-corrected chi connectivity index (χ2v) is 17.9. The van der Waals surface area contributed by atoms with E-state index in [4.69, 9.17) is 0 Å². The van der Waals surface area contributed by atoms with E-state index in [-0.39, 0.29) is 0 Å². The fourth-order valence-corrected chi connectivity index (χ4v) is 9.09. The van der Waals surface area contributed by atoms with E-state index >= 15 is 0 Å². The topological polar surface area (TPSA) is 0 Å². The fraction of sp³-hybridized carbons (Fsp3) is 0.227. The van der Waals surface area contributed by atoms with Crippen molar-refractivity contribution in [3.05, 3.63) is 172 Å². The fourth-order valence-electron chi connectivity index (χ4n) is 6.19. The molecule has 0 saturated carbocycles. The van der Waals surface area contributed by atoms with Crippen LogP contribution in [0.4, 0.5) is 0 Å². The lowest BCUT2D eigenvalue weighted by atomic mass is 9.93. The summed E-state index contributed by atoms with van der Waals surface area (Å²) in [5.74, 6) is 0. The molecular formula is C44H48Si. The predicted octanol–water partition coefficient (Wildman–Crippen LogP) is 12.0. The highest BCUT2D eigenvalue weighted by atomic mass is 28.3. The van der Waals surface area contributed by atoms with Crippen LogP contribution < -0.4 is 5.19 Å². The minimum atomic E-state index is -1.77. The van der Waals surface area contributed by atoms with Gasteiger partial charge in [-0.05, 0) is 70.5 Å². The minimum Gasteiger partial charge on any atom is -0.0654 e. The van der Waals surface area contributed by atoms with E-state index in [1.165, 1.54) is 87.4 Å². The first-order valence-electron chi connectivity index (χ1n) is 16.7. The van der Waals surface area contributed by atoms with E-state index in [9.17, 15) is 0 Å². The van der Waals surface area contributed by atoms with Crippen molar-refractivity contribution >= 4 is 36.6 Å². The van der Waals surface area contributed by atoms with Crippen LogP contribution in [0, 0.1) is 13.8 Å². The Bertz CT molecular complexity index is 1720. The van der Waals surface area contributed by atoms with Gasteiger partial charge in [0, 0.05) is 0 Å². The Balaban J connectivity index is 1.67. The maximum atomic E-state index is 2.57. The van der Waals surface area contributed by atoms with Crippen LogP contribution >= 0.6 is 0 Å². The molecule has 0 fully saturated rings. The lowest BCUT2D eigenvalue weighted by Crippen LogP contribution is -2.43. The van der Waals surface area contributed by atoms with Crippen molar-refractivity contribution in [2.75, 3.05) is 0 Å². The molecule has 5 rings (SSSR count). The molecule has 0 heterocycles. The summed E-state index contributed by atoms with van der Waals surface area (Å²) in [7, 11) is -1.77. The molecule has 5 aromatic rings. The summed E-state index contributed by atoms with van der Waals surface area (Å²) < 4.78 is 0. The number of hydrogen-bond donors (Lipinski definition) is 0. The molecule has 0 aliphatic carbocycles. The van der Waals surface area contributed by atoms with Crippen LogP contribution in [0.3, 0.4) is 0 Å². The summed E-state index contributed by atoms with van der Waals surface area (Å²) in [6, 6.07) is 48.2. The van der Waals surface area contributed by atoms with E-state index in [2.05, 4.69) is 173 Å². The molecular weight excluding hydrogens is 557 g/mol. The Kier molecular flexibility index (Phi) is 10.9.